The lowest BCUT2D eigenvalue weighted by Gasteiger charge is -2.19. The summed E-state index contributed by atoms with van der Waals surface area (Å²) in [7, 11) is 0. The van der Waals surface area contributed by atoms with Gasteiger partial charge in [0.1, 0.15) is 0 Å². The third-order valence-corrected chi connectivity index (χ3v) is 2.57. The molecule has 1 aliphatic rings. The van der Waals surface area contributed by atoms with Gasteiger partial charge in [-0.05, 0) is 37.5 Å². The normalized spacial score (nSPS) is 15.4. The number of fused-ring (bicyclic) bond motifs is 1. The first-order chi connectivity index (χ1) is 7.04. The molecule has 1 aromatic carbocycles. The Morgan fingerprint density at radius 1 is 1.20 bits per heavy atom. The number of benzene rings is 1. The van der Waals surface area contributed by atoms with Crippen molar-refractivity contribution in [3.8, 4) is 0 Å². The van der Waals surface area contributed by atoms with Gasteiger partial charge < -0.3 is 10.1 Å². The molecule has 1 aromatic rings. The molecule has 0 radical (unpaired) electrons. The second kappa shape index (κ2) is 3.95. The van der Waals surface area contributed by atoms with E-state index in [-0.39, 0.29) is 5.60 Å². The van der Waals surface area contributed by atoms with Gasteiger partial charge in [0.25, 0.3) is 0 Å². The second-order valence-electron chi connectivity index (χ2n) is 5.11. The third kappa shape index (κ3) is 2.80. The van der Waals surface area contributed by atoms with Crippen LogP contribution < -0.4 is 5.32 Å². The average molecular weight is 205 g/mol. The topological polar surface area (TPSA) is 21.3 Å². The van der Waals surface area contributed by atoms with Crippen LogP contribution in [0.2, 0.25) is 0 Å². The molecular formula is C13H19NO. The van der Waals surface area contributed by atoms with Crippen LogP contribution in [0.25, 0.3) is 0 Å². The fraction of sp³-hybridized carbons (Fsp3) is 0.538. The molecule has 0 amide bonds. The van der Waals surface area contributed by atoms with Crippen LogP contribution in [0.4, 0.5) is 0 Å². The maximum atomic E-state index is 5.75. The maximum Gasteiger partial charge on any atom is 0.0724 e. The minimum absolute atomic E-state index is 0.0583. The summed E-state index contributed by atoms with van der Waals surface area (Å²) in [6.07, 6.45) is 0. The minimum atomic E-state index is -0.0583. The highest BCUT2D eigenvalue weighted by Gasteiger charge is 2.12. The van der Waals surface area contributed by atoms with E-state index in [9.17, 15) is 0 Å². The highest BCUT2D eigenvalue weighted by atomic mass is 16.5. The molecule has 15 heavy (non-hydrogen) atoms. The molecule has 0 saturated carbocycles. The Morgan fingerprint density at radius 3 is 2.67 bits per heavy atom. The maximum absolute atomic E-state index is 5.75. The summed E-state index contributed by atoms with van der Waals surface area (Å²) in [6, 6.07) is 6.62. The lowest BCUT2D eigenvalue weighted by Crippen LogP contribution is -2.18. The van der Waals surface area contributed by atoms with Crippen molar-refractivity contribution in [1.82, 2.24) is 5.32 Å². The highest BCUT2D eigenvalue weighted by Crippen LogP contribution is 2.19. The molecule has 2 heteroatoms. The molecule has 2 rings (SSSR count). The first-order valence-corrected chi connectivity index (χ1v) is 5.50. The smallest absolute Gasteiger partial charge is 0.0724 e. The molecule has 0 bridgehead atoms. The Labute approximate surface area is 91.6 Å². The van der Waals surface area contributed by atoms with Crippen molar-refractivity contribution in [3.63, 3.8) is 0 Å². The van der Waals surface area contributed by atoms with Crippen LogP contribution in [0.1, 0.15) is 37.5 Å². The van der Waals surface area contributed by atoms with Gasteiger partial charge in [0.05, 0.1) is 12.2 Å². The Morgan fingerprint density at radius 2 is 1.93 bits per heavy atom. The SMILES string of the molecule is CC(C)(C)OCc1ccc2c(c1)CNC2. The lowest BCUT2D eigenvalue weighted by atomic mass is 10.1. The summed E-state index contributed by atoms with van der Waals surface area (Å²) in [6.45, 7) is 8.97. The van der Waals surface area contributed by atoms with Crippen LogP contribution in [0.15, 0.2) is 18.2 Å². The molecule has 0 saturated heterocycles. The quantitative estimate of drug-likeness (QED) is 0.801. The molecule has 0 aromatic heterocycles. The zero-order chi connectivity index (χ0) is 10.9. The van der Waals surface area contributed by atoms with Gasteiger partial charge in [-0.25, -0.2) is 0 Å². The summed E-state index contributed by atoms with van der Waals surface area (Å²) in [4.78, 5) is 0. The Bertz CT molecular complexity index is 352. The molecule has 0 aliphatic carbocycles. The number of hydrogen-bond donors (Lipinski definition) is 1. The number of ether oxygens (including phenoxy) is 1. The lowest BCUT2D eigenvalue weighted by molar-refractivity contribution is -0.0149. The van der Waals surface area contributed by atoms with Gasteiger partial charge in [0.2, 0.25) is 0 Å². The summed E-state index contributed by atoms with van der Waals surface area (Å²) in [5.74, 6) is 0. The summed E-state index contributed by atoms with van der Waals surface area (Å²) in [5, 5.41) is 3.35. The van der Waals surface area contributed by atoms with Gasteiger partial charge in [-0.3, -0.25) is 0 Å². The van der Waals surface area contributed by atoms with Crippen LogP contribution in [0, 0.1) is 0 Å². The summed E-state index contributed by atoms with van der Waals surface area (Å²) in [5.41, 5.74) is 4.06. The van der Waals surface area contributed by atoms with Gasteiger partial charge in [0.15, 0.2) is 0 Å². The van der Waals surface area contributed by atoms with Gasteiger partial charge in [-0.15, -0.1) is 0 Å². The van der Waals surface area contributed by atoms with E-state index in [1.165, 1.54) is 16.7 Å². The van der Waals surface area contributed by atoms with Crippen LogP contribution >= 0.6 is 0 Å². The van der Waals surface area contributed by atoms with Crippen LogP contribution in [0.3, 0.4) is 0 Å². The molecule has 1 heterocycles. The van der Waals surface area contributed by atoms with E-state index in [4.69, 9.17) is 4.74 Å². The molecule has 2 nitrogen and oxygen atoms in total. The summed E-state index contributed by atoms with van der Waals surface area (Å²) >= 11 is 0. The van der Waals surface area contributed by atoms with Crippen LogP contribution in [-0.2, 0) is 24.4 Å². The van der Waals surface area contributed by atoms with E-state index in [0.717, 1.165) is 13.1 Å². The van der Waals surface area contributed by atoms with Crippen LogP contribution in [0.5, 0.6) is 0 Å². The van der Waals surface area contributed by atoms with Crippen molar-refractivity contribution in [1.29, 1.82) is 0 Å². The van der Waals surface area contributed by atoms with Crippen molar-refractivity contribution in [2.24, 2.45) is 0 Å². The average Bonchev–Trinajstić information content (AvgIpc) is 2.60. The van der Waals surface area contributed by atoms with E-state index in [1.54, 1.807) is 0 Å². The van der Waals surface area contributed by atoms with E-state index < -0.39 is 0 Å². The second-order valence-corrected chi connectivity index (χ2v) is 5.11. The Hall–Kier alpha value is -0.860. The van der Waals surface area contributed by atoms with Gasteiger partial charge >= 0.3 is 0 Å². The van der Waals surface area contributed by atoms with Gasteiger partial charge in [-0.1, -0.05) is 18.2 Å². The highest BCUT2D eigenvalue weighted by molar-refractivity contribution is 5.34. The molecular weight excluding hydrogens is 186 g/mol. The van der Waals surface area contributed by atoms with Crippen molar-refractivity contribution >= 4 is 0 Å². The molecule has 0 atom stereocenters. The molecule has 1 aliphatic heterocycles. The third-order valence-electron chi connectivity index (χ3n) is 2.57. The van der Waals surface area contributed by atoms with Gasteiger partial charge in [0, 0.05) is 13.1 Å². The van der Waals surface area contributed by atoms with E-state index in [0.29, 0.717) is 6.61 Å². The molecule has 0 unspecified atom stereocenters. The number of rotatable bonds is 2. The van der Waals surface area contributed by atoms with Crippen molar-refractivity contribution in [2.45, 2.75) is 46.1 Å². The first-order valence-electron chi connectivity index (χ1n) is 5.50. The molecule has 0 spiro atoms. The first kappa shape index (κ1) is 10.7. The Kier molecular flexibility index (Phi) is 2.81. The Balaban J connectivity index is 2.04. The molecule has 1 N–H and O–H groups in total. The fourth-order valence-corrected chi connectivity index (χ4v) is 1.74. The minimum Gasteiger partial charge on any atom is -0.371 e. The predicted molar refractivity (Wildman–Crippen MR) is 61.5 cm³/mol. The zero-order valence-electron chi connectivity index (χ0n) is 9.76. The van der Waals surface area contributed by atoms with E-state index in [1.807, 2.05) is 0 Å². The predicted octanol–water partition coefficient (Wildman–Crippen LogP) is 2.60. The zero-order valence-corrected chi connectivity index (χ0v) is 9.76. The molecule has 82 valence electrons. The van der Waals surface area contributed by atoms with Crippen LogP contribution in [-0.4, -0.2) is 5.60 Å². The van der Waals surface area contributed by atoms with Crippen molar-refractivity contribution in [3.05, 3.63) is 34.9 Å². The number of hydrogen-bond acceptors (Lipinski definition) is 2. The molecule has 0 fully saturated rings. The fourth-order valence-electron chi connectivity index (χ4n) is 1.74. The summed E-state index contributed by atoms with van der Waals surface area (Å²) < 4.78 is 5.75. The standard InChI is InChI=1S/C13H19NO/c1-13(2,3)15-9-10-4-5-11-7-14-8-12(11)6-10/h4-6,14H,7-9H2,1-3H3. The van der Waals surface area contributed by atoms with E-state index in [2.05, 4.69) is 44.3 Å². The largest absolute Gasteiger partial charge is 0.371 e. The van der Waals surface area contributed by atoms with Crippen molar-refractivity contribution in [2.75, 3.05) is 0 Å². The van der Waals surface area contributed by atoms with E-state index >= 15 is 0 Å². The number of nitrogens with one attached hydrogen (secondary N) is 1. The van der Waals surface area contributed by atoms with Gasteiger partial charge in [-0.2, -0.15) is 0 Å². The van der Waals surface area contributed by atoms with Crippen molar-refractivity contribution < 1.29 is 4.74 Å². The monoisotopic (exact) mass is 205 g/mol.